The Morgan fingerprint density at radius 3 is 2.55 bits per heavy atom. The van der Waals surface area contributed by atoms with Gasteiger partial charge in [0.2, 0.25) is 6.36 Å². The Kier molecular flexibility index (Phi) is 5.76. The summed E-state index contributed by atoms with van der Waals surface area (Å²) in [6.07, 6.45) is -0.0660. The topological polar surface area (TPSA) is 91.2 Å². The molecule has 0 spiro atoms. The van der Waals surface area contributed by atoms with Gasteiger partial charge in [-0.3, -0.25) is 14.5 Å². The Labute approximate surface area is 190 Å². The first-order chi connectivity index (χ1) is 15.4. The van der Waals surface area contributed by atoms with Gasteiger partial charge in [0, 0.05) is 42.1 Å². The van der Waals surface area contributed by atoms with Crippen molar-refractivity contribution >= 4 is 26.7 Å². The predicted molar refractivity (Wildman–Crippen MR) is 120 cm³/mol. The number of sulfone groups is 1. The summed E-state index contributed by atoms with van der Waals surface area (Å²) in [6.45, 7) is 6.80. The monoisotopic (exact) mass is 477 g/mol. The number of halogens is 2. The maximum absolute atomic E-state index is 14.7. The molecule has 1 unspecified atom stereocenters. The van der Waals surface area contributed by atoms with E-state index in [4.69, 9.17) is 4.74 Å². The summed E-state index contributed by atoms with van der Waals surface area (Å²) in [5.74, 6) is -0.636. The zero-order valence-corrected chi connectivity index (χ0v) is 19.6. The third-order valence-electron chi connectivity index (χ3n) is 5.57. The largest absolute Gasteiger partial charge is 0.461 e. The molecule has 0 bridgehead atoms. The number of carbonyl (C=O) groups excluding carboxylic acids is 1. The van der Waals surface area contributed by atoms with E-state index in [1.54, 1.807) is 17.7 Å². The third kappa shape index (κ3) is 4.62. The van der Waals surface area contributed by atoms with E-state index in [1.807, 2.05) is 13.8 Å². The average molecular weight is 478 g/mol. The summed E-state index contributed by atoms with van der Waals surface area (Å²) in [5, 5.41) is 4.54. The molecule has 33 heavy (non-hydrogen) atoms. The van der Waals surface area contributed by atoms with E-state index in [0.29, 0.717) is 16.6 Å². The van der Waals surface area contributed by atoms with Crippen LogP contribution in [0.4, 0.5) is 8.78 Å². The number of nitrogens with zero attached hydrogens (tertiary/aromatic N) is 3. The minimum Gasteiger partial charge on any atom is -0.461 e. The smallest absolute Gasteiger partial charge is 0.235 e. The van der Waals surface area contributed by atoms with Crippen LogP contribution in [-0.2, 0) is 9.84 Å². The molecule has 1 aliphatic heterocycles. The Morgan fingerprint density at radius 2 is 1.94 bits per heavy atom. The second kappa shape index (κ2) is 8.16. The van der Waals surface area contributed by atoms with Crippen LogP contribution in [0.5, 0.6) is 5.75 Å². The van der Waals surface area contributed by atoms with Gasteiger partial charge in [-0.05, 0) is 38.1 Å². The van der Waals surface area contributed by atoms with Gasteiger partial charge in [-0.25, -0.2) is 17.2 Å². The van der Waals surface area contributed by atoms with Gasteiger partial charge in [-0.2, -0.15) is 5.10 Å². The number of ether oxygens (including phenoxy) is 1. The number of hydrogen-bond donors (Lipinski definition) is 0. The van der Waals surface area contributed by atoms with Crippen molar-refractivity contribution in [1.82, 2.24) is 14.8 Å². The molecule has 0 radical (unpaired) electrons. The van der Waals surface area contributed by atoms with E-state index >= 15 is 0 Å². The average Bonchev–Trinajstić information content (AvgIpc) is 3.06. The molecular weight excluding hydrogens is 452 g/mol. The molecule has 3 aromatic rings. The quantitative estimate of drug-likeness (QED) is 0.465. The first kappa shape index (κ1) is 23.3. The lowest BCUT2D eigenvalue weighted by Crippen LogP contribution is -2.47. The highest BCUT2D eigenvalue weighted by atomic mass is 32.2. The lowest BCUT2D eigenvalue weighted by atomic mass is 9.86. The Balaban J connectivity index is 1.75. The van der Waals surface area contributed by atoms with E-state index in [-0.39, 0.29) is 46.8 Å². The van der Waals surface area contributed by atoms with Crippen molar-refractivity contribution in [3.8, 4) is 17.0 Å². The van der Waals surface area contributed by atoms with E-state index in [9.17, 15) is 22.0 Å². The van der Waals surface area contributed by atoms with Crippen LogP contribution in [-0.4, -0.2) is 46.8 Å². The van der Waals surface area contributed by atoms with Gasteiger partial charge in [0.15, 0.2) is 15.6 Å². The number of fused-ring (bicyclic) bond motifs is 1. The van der Waals surface area contributed by atoms with Crippen LogP contribution in [0.15, 0.2) is 30.5 Å². The van der Waals surface area contributed by atoms with Crippen LogP contribution in [0.2, 0.25) is 0 Å². The summed E-state index contributed by atoms with van der Waals surface area (Å²) in [7, 11) is -3.06. The summed E-state index contributed by atoms with van der Waals surface area (Å²) >= 11 is 0. The molecule has 3 heterocycles. The predicted octanol–water partition coefficient (Wildman–Crippen LogP) is 4.52. The summed E-state index contributed by atoms with van der Waals surface area (Å²) in [6, 6.07) is 5.42. The second-order valence-corrected chi connectivity index (χ2v) is 11.3. The number of benzene rings is 1. The number of Topliss-reactive ketones (excluding diaryl/α,β-unsaturated/α-hetero) is 1. The van der Waals surface area contributed by atoms with Crippen LogP contribution < -0.4 is 4.74 Å². The number of rotatable bonds is 7. The van der Waals surface area contributed by atoms with Crippen LogP contribution in [0.25, 0.3) is 22.3 Å². The van der Waals surface area contributed by atoms with Gasteiger partial charge < -0.3 is 4.74 Å². The fourth-order valence-corrected chi connectivity index (χ4v) is 6.55. The van der Waals surface area contributed by atoms with Gasteiger partial charge in [0.1, 0.15) is 22.8 Å². The number of pyridine rings is 1. The fraction of sp³-hybridized carbons (Fsp3) is 0.435. The molecule has 4 rings (SSSR count). The zero-order chi connectivity index (χ0) is 24.1. The SMILES string of the molecule is CC(F)Oc1ccc(F)c(-c2nn(C(C)C)c3cc(C(=O)CC4(C)CS(=O)(=O)C4)cnc23)c1. The Bertz CT molecular complexity index is 1340. The molecule has 2 aromatic heterocycles. The van der Waals surface area contributed by atoms with Crippen LogP contribution >= 0.6 is 0 Å². The molecule has 1 aliphatic rings. The maximum Gasteiger partial charge on any atom is 0.235 e. The molecule has 7 nitrogen and oxygen atoms in total. The van der Waals surface area contributed by atoms with Crippen LogP contribution in [0.3, 0.4) is 0 Å². The molecule has 0 aliphatic carbocycles. The Hall–Kier alpha value is -2.88. The van der Waals surface area contributed by atoms with Gasteiger partial charge in [-0.1, -0.05) is 6.92 Å². The molecule has 0 N–H and O–H groups in total. The molecule has 1 fully saturated rings. The molecule has 176 valence electrons. The normalized spacial score (nSPS) is 17.7. The van der Waals surface area contributed by atoms with Crippen molar-refractivity contribution in [2.75, 3.05) is 11.5 Å². The lowest BCUT2D eigenvalue weighted by molar-refractivity contribution is 0.0859. The maximum atomic E-state index is 14.7. The van der Waals surface area contributed by atoms with Gasteiger partial charge >= 0.3 is 0 Å². The Morgan fingerprint density at radius 1 is 1.24 bits per heavy atom. The molecule has 1 saturated heterocycles. The van der Waals surface area contributed by atoms with Crippen molar-refractivity contribution < 1.29 is 26.7 Å². The number of alkyl halides is 1. The lowest BCUT2D eigenvalue weighted by Gasteiger charge is -2.37. The summed E-state index contributed by atoms with van der Waals surface area (Å²) in [4.78, 5) is 17.3. The molecule has 10 heteroatoms. The first-order valence-electron chi connectivity index (χ1n) is 10.6. The van der Waals surface area contributed by atoms with Crippen molar-refractivity contribution in [2.24, 2.45) is 5.41 Å². The fourth-order valence-electron chi connectivity index (χ4n) is 4.30. The summed E-state index contributed by atoms with van der Waals surface area (Å²) in [5.41, 5.74) is 1.06. The molecule has 0 amide bonds. The first-order valence-corrected chi connectivity index (χ1v) is 12.4. The van der Waals surface area contributed by atoms with E-state index in [2.05, 4.69) is 10.1 Å². The number of hydrogen-bond acceptors (Lipinski definition) is 6. The molecule has 1 aromatic carbocycles. The standard InChI is InChI=1S/C23H25F2N3O4S/c1-13(2)28-19-7-15(20(29)9-23(4)11-33(30,31)12-23)10-26-22(19)21(27-28)17-8-16(32-14(3)24)5-6-18(17)25/h5-8,10,13-14H,9,11-12H2,1-4H3. The van der Waals surface area contributed by atoms with E-state index in [0.717, 1.165) is 0 Å². The highest BCUT2D eigenvalue weighted by Gasteiger charge is 2.45. The molecular formula is C23H25F2N3O4S. The number of carbonyl (C=O) groups is 1. The molecule has 0 saturated carbocycles. The summed E-state index contributed by atoms with van der Waals surface area (Å²) < 4.78 is 57.8. The van der Waals surface area contributed by atoms with Gasteiger partial charge in [0.25, 0.3) is 0 Å². The second-order valence-electron chi connectivity index (χ2n) is 9.22. The number of ketones is 1. The zero-order valence-electron chi connectivity index (χ0n) is 18.8. The van der Waals surface area contributed by atoms with E-state index in [1.165, 1.54) is 31.3 Å². The third-order valence-corrected chi connectivity index (χ3v) is 7.85. The van der Waals surface area contributed by atoms with Gasteiger partial charge in [-0.15, -0.1) is 0 Å². The highest BCUT2D eigenvalue weighted by molar-refractivity contribution is 7.92. The highest BCUT2D eigenvalue weighted by Crippen LogP contribution is 2.37. The minimum absolute atomic E-state index is 0.00925. The number of aromatic nitrogens is 3. The van der Waals surface area contributed by atoms with Crippen LogP contribution in [0, 0.1) is 11.2 Å². The van der Waals surface area contributed by atoms with Crippen LogP contribution in [0.1, 0.15) is 50.5 Å². The van der Waals surface area contributed by atoms with Crippen molar-refractivity contribution in [3.05, 3.63) is 41.8 Å². The van der Waals surface area contributed by atoms with Gasteiger partial charge in [0.05, 0.1) is 17.0 Å². The van der Waals surface area contributed by atoms with Crippen molar-refractivity contribution in [3.63, 3.8) is 0 Å². The van der Waals surface area contributed by atoms with E-state index < -0.39 is 27.4 Å². The van der Waals surface area contributed by atoms with Crippen molar-refractivity contribution in [2.45, 2.75) is 46.5 Å². The molecule has 1 atom stereocenters. The minimum atomic E-state index is -3.06. The van der Waals surface area contributed by atoms with Crippen molar-refractivity contribution in [1.29, 1.82) is 0 Å².